The molecule has 0 aromatic heterocycles. The summed E-state index contributed by atoms with van der Waals surface area (Å²) in [6, 6.07) is 0. The lowest BCUT2D eigenvalue weighted by Gasteiger charge is -2.18. The van der Waals surface area contributed by atoms with E-state index in [0.29, 0.717) is 19.3 Å². The lowest BCUT2D eigenvalue weighted by atomic mass is 10.0. The molecule has 0 unspecified atom stereocenters. The first-order chi connectivity index (χ1) is 33.0. The SMILES string of the molecule is CC/C=C\C/C=C\C/C=C\CCCCCCCC(=O)OC[C@H](COC(=O)CCCC/C=C\C/C=C\C/C=C\CCCCC)OC(=O)CCCCCCCCCCCCCCCCCCCCC. The van der Waals surface area contributed by atoms with Gasteiger partial charge in [-0.15, -0.1) is 0 Å². The summed E-state index contributed by atoms with van der Waals surface area (Å²) >= 11 is 0. The zero-order valence-corrected chi connectivity index (χ0v) is 44.2. The van der Waals surface area contributed by atoms with Gasteiger partial charge in [-0.05, 0) is 89.9 Å². The maximum absolute atomic E-state index is 12.9. The highest BCUT2D eigenvalue weighted by Gasteiger charge is 2.19. The smallest absolute Gasteiger partial charge is 0.306 e. The van der Waals surface area contributed by atoms with Gasteiger partial charge in [-0.25, -0.2) is 0 Å². The molecule has 0 aliphatic carbocycles. The van der Waals surface area contributed by atoms with Crippen LogP contribution >= 0.6 is 0 Å². The Morgan fingerprint density at radius 3 is 0.970 bits per heavy atom. The number of ether oxygens (including phenoxy) is 3. The third-order valence-corrected chi connectivity index (χ3v) is 12.2. The van der Waals surface area contributed by atoms with Crippen molar-refractivity contribution in [3.63, 3.8) is 0 Å². The summed E-state index contributed by atoms with van der Waals surface area (Å²) in [4.78, 5) is 38.1. The molecule has 0 aromatic rings. The molecule has 0 radical (unpaired) electrons. The van der Waals surface area contributed by atoms with E-state index in [9.17, 15) is 14.4 Å². The zero-order valence-electron chi connectivity index (χ0n) is 44.2. The van der Waals surface area contributed by atoms with E-state index in [4.69, 9.17) is 14.2 Å². The minimum Gasteiger partial charge on any atom is -0.462 e. The molecular formula is C61H106O6. The highest BCUT2D eigenvalue weighted by molar-refractivity contribution is 5.71. The van der Waals surface area contributed by atoms with Crippen molar-refractivity contribution in [2.45, 2.75) is 284 Å². The van der Waals surface area contributed by atoms with E-state index >= 15 is 0 Å². The van der Waals surface area contributed by atoms with Gasteiger partial charge in [0.1, 0.15) is 13.2 Å². The van der Waals surface area contributed by atoms with Crippen LogP contribution in [0.5, 0.6) is 0 Å². The Labute approximate surface area is 414 Å². The number of unbranched alkanes of at least 4 members (excludes halogenated alkanes) is 28. The predicted molar refractivity (Wildman–Crippen MR) is 288 cm³/mol. The van der Waals surface area contributed by atoms with Crippen LogP contribution in [0.2, 0.25) is 0 Å². The first kappa shape index (κ1) is 63.8. The van der Waals surface area contributed by atoms with Gasteiger partial charge in [0, 0.05) is 19.3 Å². The minimum atomic E-state index is -0.797. The second-order valence-electron chi connectivity index (χ2n) is 18.8. The quantitative estimate of drug-likeness (QED) is 0.0262. The van der Waals surface area contributed by atoms with Crippen LogP contribution in [0, 0.1) is 0 Å². The first-order valence-electron chi connectivity index (χ1n) is 28.4. The molecule has 0 fully saturated rings. The van der Waals surface area contributed by atoms with Crippen LogP contribution in [0.4, 0.5) is 0 Å². The number of hydrogen-bond donors (Lipinski definition) is 0. The summed E-state index contributed by atoms with van der Waals surface area (Å²) in [6.07, 6.45) is 70.4. The van der Waals surface area contributed by atoms with Gasteiger partial charge in [-0.3, -0.25) is 14.4 Å². The molecule has 6 heteroatoms. The zero-order chi connectivity index (χ0) is 48.6. The van der Waals surface area contributed by atoms with Crippen molar-refractivity contribution in [2.75, 3.05) is 13.2 Å². The number of hydrogen-bond acceptors (Lipinski definition) is 6. The highest BCUT2D eigenvalue weighted by Crippen LogP contribution is 2.16. The molecule has 0 bridgehead atoms. The number of carbonyl (C=O) groups excluding carboxylic acids is 3. The third-order valence-electron chi connectivity index (χ3n) is 12.2. The van der Waals surface area contributed by atoms with Gasteiger partial charge in [-0.1, -0.05) is 241 Å². The van der Waals surface area contributed by atoms with Gasteiger partial charge in [-0.2, -0.15) is 0 Å². The van der Waals surface area contributed by atoms with E-state index in [1.807, 2.05) is 0 Å². The van der Waals surface area contributed by atoms with Crippen molar-refractivity contribution in [2.24, 2.45) is 0 Å². The van der Waals surface area contributed by atoms with Crippen molar-refractivity contribution in [3.8, 4) is 0 Å². The summed E-state index contributed by atoms with van der Waals surface area (Å²) < 4.78 is 16.8. The van der Waals surface area contributed by atoms with Gasteiger partial charge < -0.3 is 14.2 Å². The van der Waals surface area contributed by atoms with Crippen LogP contribution in [0.25, 0.3) is 0 Å². The fourth-order valence-electron chi connectivity index (χ4n) is 7.93. The second kappa shape index (κ2) is 55.4. The molecule has 0 spiro atoms. The Kier molecular flexibility index (Phi) is 52.8. The lowest BCUT2D eigenvalue weighted by Crippen LogP contribution is -2.30. The van der Waals surface area contributed by atoms with E-state index in [2.05, 4.69) is 93.7 Å². The summed E-state index contributed by atoms with van der Waals surface area (Å²) in [6.45, 7) is 6.47. The molecule has 0 aliphatic rings. The Morgan fingerprint density at radius 2 is 0.582 bits per heavy atom. The normalized spacial score (nSPS) is 12.6. The van der Waals surface area contributed by atoms with Crippen molar-refractivity contribution in [1.82, 2.24) is 0 Å². The fourth-order valence-corrected chi connectivity index (χ4v) is 7.93. The highest BCUT2D eigenvalue weighted by atomic mass is 16.6. The molecule has 0 amide bonds. The molecule has 0 heterocycles. The Bertz CT molecular complexity index is 1260. The molecule has 0 saturated heterocycles. The molecule has 0 rings (SSSR count). The summed E-state index contributed by atoms with van der Waals surface area (Å²) in [5, 5.41) is 0. The minimum absolute atomic E-state index is 0.0947. The monoisotopic (exact) mass is 935 g/mol. The predicted octanol–water partition coefficient (Wildman–Crippen LogP) is 19.0. The average Bonchev–Trinajstić information content (AvgIpc) is 3.33. The molecule has 1 atom stereocenters. The van der Waals surface area contributed by atoms with Gasteiger partial charge in [0.15, 0.2) is 6.10 Å². The number of carbonyl (C=O) groups is 3. The Hall–Kier alpha value is -3.15. The molecule has 0 aliphatic heterocycles. The molecular weight excluding hydrogens is 829 g/mol. The van der Waals surface area contributed by atoms with Gasteiger partial charge in [0.2, 0.25) is 0 Å². The Morgan fingerprint density at radius 1 is 0.313 bits per heavy atom. The van der Waals surface area contributed by atoms with Crippen LogP contribution in [-0.4, -0.2) is 37.2 Å². The van der Waals surface area contributed by atoms with Gasteiger partial charge in [0.05, 0.1) is 0 Å². The topological polar surface area (TPSA) is 78.9 Å². The van der Waals surface area contributed by atoms with E-state index in [-0.39, 0.29) is 31.1 Å². The average molecular weight is 936 g/mol. The fraction of sp³-hybridized carbons (Fsp3) is 0.754. The Balaban J connectivity index is 4.42. The maximum Gasteiger partial charge on any atom is 0.306 e. The number of esters is 3. The van der Waals surface area contributed by atoms with Crippen LogP contribution in [0.3, 0.4) is 0 Å². The summed E-state index contributed by atoms with van der Waals surface area (Å²) in [5.41, 5.74) is 0. The lowest BCUT2D eigenvalue weighted by molar-refractivity contribution is -0.167. The summed E-state index contributed by atoms with van der Waals surface area (Å²) in [7, 11) is 0. The van der Waals surface area contributed by atoms with Crippen molar-refractivity contribution in [1.29, 1.82) is 0 Å². The van der Waals surface area contributed by atoms with Gasteiger partial charge in [0.25, 0.3) is 0 Å². The summed E-state index contributed by atoms with van der Waals surface area (Å²) in [5.74, 6) is -0.940. The van der Waals surface area contributed by atoms with Crippen LogP contribution in [0.15, 0.2) is 72.9 Å². The standard InChI is InChI=1S/C61H106O6/c1-4-7-10-13-16-19-22-25-28-29-30-31-34-37-40-43-46-49-52-55-61(64)67-58(56-65-59(62)53-50-47-44-41-38-35-32-26-23-20-17-14-11-8-5-2)57-66-60(63)54-51-48-45-42-39-36-33-27-24-21-18-15-12-9-6-3/h8,11,17-18,20-21,26-27,32-33,39,42,58H,4-7,9-10,12-16,19,22-25,28-31,34-38,40-41,43-57H2,1-3H3/b11-8-,20-17-,21-18-,32-26-,33-27-,42-39-/t58-/m1/s1. The van der Waals surface area contributed by atoms with E-state index < -0.39 is 6.10 Å². The van der Waals surface area contributed by atoms with E-state index in [1.54, 1.807) is 0 Å². The largest absolute Gasteiger partial charge is 0.462 e. The molecule has 0 saturated carbocycles. The van der Waals surface area contributed by atoms with Crippen LogP contribution in [-0.2, 0) is 28.6 Å². The molecule has 6 nitrogen and oxygen atoms in total. The van der Waals surface area contributed by atoms with Crippen molar-refractivity contribution < 1.29 is 28.6 Å². The van der Waals surface area contributed by atoms with E-state index in [0.717, 1.165) is 109 Å². The third kappa shape index (κ3) is 53.7. The maximum atomic E-state index is 12.9. The molecule has 67 heavy (non-hydrogen) atoms. The number of allylic oxidation sites excluding steroid dienone is 12. The molecule has 0 aromatic carbocycles. The van der Waals surface area contributed by atoms with E-state index in [1.165, 1.54) is 128 Å². The van der Waals surface area contributed by atoms with Crippen LogP contribution in [0.1, 0.15) is 278 Å². The first-order valence-corrected chi connectivity index (χ1v) is 28.4. The van der Waals surface area contributed by atoms with Crippen molar-refractivity contribution >= 4 is 17.9 Å². The van der Waals surface area contributed by atoms with Gasteiger partial charge >= 0.3 is 17.9 Å². The van der Waals surface area contributed by atoms with Crippen LogP contribution < -0.4 is 0 Å². The second-order valence-corrected chi connectivity index (χ2v) is 18.8. The van der Waals surface area contributed by atoms with Crippen molar-refractivity contribution in [3.05, 3.63) is 72.9 Å². The molecule has 386 valence electrons. The molecule has 0 N–H and O–H groups in total. The number of rotatable bonds is 51.